The van der Waals surface area contributed by atoms with Crippen molar-refractivity contribution >= 4 is 29.5 Å². The minimum Gasteiger partial charge on any atom is -0.477 e. The van der Waals surface area contributed by atoms with Gasteiger partial charge in [-0.1, -0.05) is 6.92 Å². The van der Waals surface area contributed by atoms with E-state index in [1.54, 1.807) is 25.9 Å². The summed E-state index contributed by atoms with van der Waals surface area (Å²) in [5.74, 6) is -1.93. The van der Waals surface area contributed by atoms with Gasteiger partial charge in [0.05, 0.1) is 18.1 Å². The molecule has 0 spiro atoms. The minimum absolute atomic E-state index is 0.0793. The van der Waals surface area contributed by atoms with E-state index >= 15 is 0 Å². The zero-order valence-corrected chi connectivity index (χ0v) is 17.5. The van der Waals surface area contributed by atoms with Crippen molar-refractivity contribution in [2.45, 2.75) is 56.5 Å². The van der Waals surface area contributed by atoms with Gasteiger partial charge in [0.15, 0.2) is 0 Å². The first-order chi connectivity index (χ1) is 13.1. The number of aliphatic hydroxyl groups is 1. The number of amides is 2. The lowest BCUT2D eigenvalue weighted by Crippen LogP contribution is -2.63. The molecule has 0 unspecified atom stereocenters. The Hall–Kier alpha value is -1.58. The number of nitrogens with zero attached hydrogens (tertiary/aromatic N) is 2. The van der Waals surface area contributed by atoms with Gasteiger partial charge in [0, 0.05) is 49.2 Å². The molecule has 6 atom stereocenters. The van der Waals surface area contributed by atoms with Crippen molar-refractivity contribution in [3.63, 3.8) is 0 Å². The molecule has 9 heteroatoms. The van der Waals surface area contributed by atoms with Gasteiger partial charge in [-0.3, -0.25) is 9.59 Å². The Morgan fingerprint density at radius 1 is 1.39 bits per heavy atom. The maximum atomic E-state index is 12.4. The van der Waals surface area contributed by atoms with Crippen molar-refractivity contribution < 1.29 is 24.6 Å². The Bertz CT molecular complexity index is 708. The third kappa shape index (κ3) is 3.67. The van der Waals surface area contributed by atoms with Crippen LogP contribution in [0.15, 0.2) is 10.6 Å². The summed E-state index contributed by atoms with van der Waals surface area (Å²) in [5, 5.41) is 23.2. The van der Waals surface area contributed by atoms with E-state index in [0.29, 0.717) is 6.42 Å². The van der Waals surface area contributed by atoms with Gasteiger partial charge in [-0.2, -0.15) is 0 Å². The lowest BCUT2D eigenvalue weighted by atomic mass is 9.79. The van der Waals surface area contributed by atoms with Gasteiger partial charge >= 0.3 is 5.97 Å². The van der Waals surface area contributed by atoms with E-state index in [9.17, 15) is 24.6 Å². The summed E-state index contributed by atoms with van der Waals surface area (Å²) in [6, 6.07) is -0.0418. The molecule has 0 aromatic carbocycles. The SMILES string of the molecule is C[C@@H](O)[C@H]1C(=O)N2C(C(=O)O)=C(S[C@@H]3CN[C@H](CCC(=O)N(C)C)C3)[C@H](C)[C@H]12. The molecule has 3 heterocycles. The van der Waals surface area contributed by atoms with Crippen LogP contribution in [0.2, 0.25) is 0 Å². The number of nitrogens with one attached hydrogen (secondary N) is 1. The van der Waals surface area contributed by atoms with Gasteiger partial charge < -0.3 is 25.3 Å². The molecule has 2 fully saturated rings. The third-order valence-corrected chi connectivity index (χ3v) is 7.50. The number of rotatable bonds is 7. The highest BCUT2D eigenvalue weighted by molar-refractivity contribution is 8.03. The molecule has 3 N–H and O–H groups in total. The Balaban J connectivity index is 1.66. The highest BCUT2D eigenvalue weighted by atomic mass is 32.2. The summed E-state index contributed by atoms with van der Waals surface area (Å²) < 4.78 is 0. The van der Waals surface area contributed by atoms with Crippen LogP contribution < -0.4 is 5.32 Å². The number of hydrogen-bond donors (Lipinski definition) is 3. The number of carbonyl (C=O) groups is 3. The first-order valence-corrected chi connectivity index (χ1v) is 10.6. The maximum absolute atomic E-state index is 12.4. The minimum atomic E-state index is -1.09. The number of carboxylic acid groups (broad SMARTS) is 1. The number of thioether (sulfide) groups is 1. The van der Waals surface area contributed by atoms with Gasteiger partial charge in [-0.15, -0.1) is 11.8 Å². The molecule has 156 valence electrons. The Morgan fingerprint density at radius 3 is 2.64 bits per heavy atom. The lowest BCUT2D eigenvalue weighted by molar-refractivity contribution is -0.163. The largest absolute Gasteiger partial charge is 0.477 e. The van der Waals surface area contributed by atoms with Gasteiger partial charge in [-0.25, -0.2) is 4.79 Å². The number of β-lactam (4-membered cyclic amide) rings is 1. The van der Waals surface area contributed by atoms with E-state index in [1.165, 1.54) is 16.7 Å². The fraction of sp³-hybridized carbons (Fsp3) is 0.737. The van der Waals surface area contributed by atoms with Gasteiger partial charge in [0.2, 0.25) is 11.8 Å². The summed E-state index contributed by atoms with van der Waals surface area (Å²) in [6.45, 7) is 4.26. The van der Waals surface area contributed by atoms with E-state index in [0.717, 1.165) is 24.3 Å². The zero-order valence-electron chi connectivity index (χ0n) is 16.7. The number of fused-ring (bicyclic) bond motifs is 1. The van der Waals surface area contributed by atoms with Crippen LogP contribution in [0.4, 0.5) is 0 Å². The average Bonchev–Trinajstić information content (AvgIpc) is 3.14. The van der Waals surface area contributed by atoms with E-state index < -0.39 is 18.0 Å². The molecular weight excluding hydrogens is 382 g/mol. The van der Waals surface area contributed by atoms with E-state index in [-0.39, 0.29) is 40.8 Å². The predicted octanol–water partition coefficient (Wildman–Crippen LogP) is 0.472. The molecule has 0 aromatic rings. The van der Waals surface area contributed by atoms with Crippen molar-refractivity contribution in [1.29, 1.82) is 0 Å². The molecule has 0 saturated carbocycles. The molecule has 3 rings (SSSR count). The standard InChI is InChI=1S/C19H29N3O5S/c1-9-15-14(10(2)23)18(25)22(15)16(19(26)27)17(9)28-12-7-11(20-8-12)5-6-13(24)21(3)4/h9-12,14-15,20,23H,5-8H2,1-4H3,(H,26,27)/t9-,10-,11-,12+,14-,15-/m1/s1. The summed E-state index contributed by atoms with van der Waals surface area (Å²) in [6.07, 6.45) is 1.31. The molecule has 28 heavy (non-hydrogen) atoms. The monoisotopic (exact) mass is 411 g/mol. The molecule has 3 aliphatic heterocycles. The lowest BCUT2D eigenvalue weighted by Gasteiger charge is -2.46. The number of hydrogen-bond acceptors (Lipinski definition) is 6. The Kier molecular flexibility index (Phi) is 6.07. The average molecular weight is 412 g/mol. The normalized spacial score (nSPS) is 33.0. The van der Waals surface area contributed by atoms with E-state index in [2.05, 4.69) is 5.32 Å². The van der Waals surface area contributed by atoms with Gasteiger partial charge in [0.25, 0.3) is 0 Å². The van der Waals surface area contributed by atoms with Gasteiger partial charge in [-0.05, 0) is 19.8 Å². The maximum Gasteiger partial charge on any atom is 0.353 e. The van der Waals surface area contributed by atoms with Crippen LogP contribution in [-0.2, 0) is 14.4 Å². The molecule has 0 bridgehead atoms. The van der Waals surface area contributed by atoms with Crippen LogP contribution in [0, 0.1) is 11.8 Å². The fourth-order valence-corrected chi connectivity index (χ4v) is 5.99. The van der Waals surface area contributed by atoms with Crippen molar-refractivity contribution in [2.24, 2.45) is 11.8 Å². The van der Waals surface area contributed by atoms with Crippen LogP contribution in [0.3, 0.4) is 0 Å². The summed E-state index contributed by atoms with van der Waals surface area (Å²) in [5.41, 5.74) is 0.0793. The molecule has 2 saturated heterocycles. The van der Waals surface area contributed by atoms with Crippen molar-refractivity contribution in [3.8, 4) is 0 Å². The molecular formula is C19H29N3O5S. The second-order valence-corrected chi connectivity index (χ2v) is 9.52. The summed E-state index contributed by atoms with van der Waals surface area (Å²) in [7, 11) is 3.49. The highest BCUT2D eigenvalue weighted by Crippen LogP contribution is 2.51. The first-order valence-electron chi connectivity index (χ1n) is 9.72. The highest BCUT2D eigenvalue weighted by Gasteiger charge is 2.60. The Morgan fingerprint density at radius 2 is 2.07 bits per heavy atom. The topological polar surface area (TPSA) is 110 Å². The van der Waals surface area contributed by atoms with Crippen molar-refractivity contribution in [2.75, 3.05) is 20.6 Å². The number of aliphatic hydroxyl groups excluding tert-OH is 1. The fourth-order valence-electron chi connectivity index (χ4n) is 4.47. The van der Waals surface area contributed by atoms with Crippen LogP contribution in [0.1, 0.15) is 33.1 Å². The number of aliphatic carboxylic acids is 1. The zero-order chi connectivity index (χ0) is 20.7. The molecule has 0 radical (unpaired) electrons. The third-order valence-electron chi connectivity index (χ3n) is 5.99. The molecule has 0 aromatic heterocycles. The quantitative estimate of drug-likeness (QED) is 0.523. The number of carboxylic acids is 1. The predicted molar refractivity (Wildman–Crippen MR) is 105 cm³/mol. The van der Waals surface area contributed by atoms with E-state index in [1.807, 2.05) is 6.92 Å². The van der Waals surface area contributed by atoms with Crippen LogP contribution in [0.25, 0.3) is 0 Å². The van der Waals surface area contributed by atoms with Crippen molar-refractivity contribution in [3.05, 3.63) is 10.6 Å². The number of carbonyl (C=O) groups excluding carboxylic acids is 2. The molecule has 0 aliphatic carbocycles. The second kappa shape index (κ2) is 8.04. The van der Waals surface area contributed by atoms with Crippen LogP contribution in [-0.4, -0.2) is 81.9 Å². The van der Waals surface area contributed by atoms with Crippen molar-refractivity contribution in [1.82, 2.24) is 15.1 Å². The van der Waals surface area contributed by atoms with Gasteiger partial charge in [0.1, 0.15) is 5.70 Å². The second-order valence-electron chi connectivity index (χ2n) is 8.18. The first kappa shape index (κ1) is 21.1. The molecule has 2 amide bonds. The Labute approximate surface area is 169 Å². The molecule has 8 nitrogen and oxygen atoms in total. The summed E-state index contributed by atoms with van der Waals surface area (Å²) >= 11 is 1.53. The van der Waals surface area contributed by atoms with Crippen LogP contribution >= 0.6 is 11.8 Å². The smallest absolute Gasteiger partial charge is 0.353 e. The van der Waals surface area contributed by atoms with Crippen LogP contribution in [0.5, 0.6) is 0 Å². The summed E-state index contributed by atoms with van der Waals surface area (Å²) in [4.78, 5) is 39.7. The molecule has 3 aliphatic rings. The van der Waals surface area contributed by atoms with E-state index in [4.69, 9.17) is 0 Å².